The number of thiocarbonyl (C=S) groups is 1. The van der Waals surface area contributed by atoms with Crippen molar-refractivity contribution in [2.24, 2.45) is 0 Å². The monoisotopic (exact) mass is 320 g/mol. The number of carbonyl (C=O) groups excluding carboxylic acids is 1. The Morgan fingerprint density at radius 3 is 2.59 bits per heavy atom. The SMILES string of the molecule is CC(C)(C)OC(=O)N[C@@H]1CC[C@@H](c2ccccc2)CNC1=S. The van der Waals surface area contributed by atoms with Crippen molar-refractivity contribution in [3.8, 4) is 0 Å². The molecule has 0 bridgehead atoms. The molecule has 22 heavy (non-hydrogen) atoms. The molecule has 0 radical (unpaired) electrons. The van der Waals surface area contributed by atoms with Crippen molar-refractivity contribution in [2.45, 2.75) is 51.2 Å². The lowest BCUT2D eigenvalue weighted by Gasteiger charge is -2.23. The van der Waals surface area contributed by atoms with Gasteiger partial charge in [-0.25, -0.2) is 4.79 Å². The zero-order valence-electron chi connectivity index (χ0n) is 13.4. The maximum absolute atomic E-state index is 11.9. The number of amides is 1. The molecule has 1 aliphatic heterocycles. The van der Waals surface area contributed by atoms with Crippen LogP contribution in [0.1, 0.15) is 45.1 Å². The Labute approximate surface area is 137 Å². The minimum Gasteiger partial charge on any atom is -0.444 e. The molecule has 2 rings (SSSR count). The fourth-order valence-electron chi connectivity index (χ4n) is 2.55. The molecule has 0 aromatic heterocycles. The lowest BCUT2D eigenvalue weighted by atomic mass is 9.94. The molecule has 0 spiro atoms. The van der Waals surface area contributed by atoms with E-state index in [1.54, 1.807) is 0 Å². The molecule has 1 amide bonds. The van der Waals surface area contributed by atoms with Crippen LogP contribution in [0.3, 0.4) is 0 Å². The molecular weight excluding hydrogens is 296 g/mol. The van der Waals surface area contributed by atoms with Crippen LogP contribution < -0.4 is 10.6 Å². The van der Waals surface area contributed by atoms with E-state index < -0.39 is 11.7 Å². The van der Waals surface area contributed by atoms with E-state index in [2.05, 4.69) is 34.9 Å². The highest BCUT2D eigenvalue weighted by Crippen LogP contribution is 2.24. The Kier molecular flexibility index (Phi) is 5.40. The van der Waals surface area contributed by atoms with Gasteiger partial charge in [0.05, 0.1) is 11.0 Å². The Morgan fingerprint density at radius 1 is 1.27 bits per heavy atom. The average molecular weight is 320 g/mol. The first kappa shape index (κ1) is 16.7. The van der Waals surface area contributed by atoms with Crippen LogP contribution in [0.25, 0.3) is 0 Å². The molecule has 5 heteroatoms. The van der Waals surface area contributed by atoms with Crippen LogP contribution in [0.5, 0.6) is 0 Å². The Morgan fingerprint density at radius 2 is 1.95 bits per heavy atom. The first-order chi connectivity index (χ1) is 10.3. The highest BCUT2D eigenvalue weighted by molar-refractivity contribution is 7.80. The van der Waals surface area contributed by atoms with E-state index in [1.165, 1.54) is 5.56 Å². The summed E-state index contributed by atoms with van der Waals surface area (Å²) in [5, 5.41) is 6.14. The van der Waals surface area contributed by atoms with Crippen molar-refractivity contribution in [3.05, 3.63) is 35.9 Å². The summed E-state index contributed by atoms with van der Waals surface area (Å²) in [5.41, 5.74) is 0.798. The second-order valence-corrected chi connectivity index (χ2v) is 7.07. The standard InChI is InChI=1S/C17H24N2O2S/c1-17(2,3)21-16(20)19-14-10-9-13(11-18-15(14)22)12-7-5-4-6-8-12/h4-8,13-14H,9-11H2,1-3H3,(H,18,22)(H,19,20)/t13-,14-/m1/s1. The second-order valence-electron chi connectivity index (χ2n) is 6.63. The summed E-state index contributed by atoms with van der Waals surface area (Å²) in [5.74, 6) is 0.407. The molecule has 4 nitrogen and oxygen atoms in total. The van der Waals surface area contributed by atoms with E-state index in [4.69, 9.17) is 17.0 Å². The maximum atomic E-state index is 11.9. The molecule has 1 aromatic rings. The largest absolute Gasteiger partial charge is 0.444 e. The normalized spacial score (nSPS) is 22.4. The van der Waals surface area contributed by atoms with E-state index in [0.29, 0.717) is 10.9 Å². The summed E-state index contributed by atoms with van der Waals surface area (Å²) in [6, 6.07) is 10.2. The fourth-order valence-corrected chi connectivity index (χ4v) is 2.81. The lowest BCUT2D eigenvalue weighted by Crippen LogP contribution is -2.46. The maximum Gasteiger partial charge on any atom is 0.408 e. The summed E-state index contributed by atoms with van der Waals surface area (Å²) in [6.07, 6.45) is 1.36. The van der Waals surface area contributed by atoms with Crippen LogP contribution in [-0.4, -0.2) is 29.3 Å². The van der Waals surface area contributed by atoms with Gasteiger partial charge in [0.25, 0.3) is 0 Å². The summed E-state index contributed by atoms with van der Waals surface area (Å²) < 4.78 is 5.30. The quantitative estimate of drug-likeness (QED) is 0.820. The summed E-state index contributed by atoms with van der Waals surface area (Å²) >= 11 is 5.40. The van der Waals surface area contributed by atoms with E-state index in [1.807, 2.05) is 26.8 Å². The topological polar surface area (TPSA) is 50.4 Å². The molecular formula is C17H24N2O2S. The van der Waals surface area contributed by atoms with Crippen molar-refractivity contribution in [2.75, 3.05) is 6.54 Å². The molecule has 0 aliphatic carbocycles. The van der Waals surface area contributed by atoms with Crippen LogP contribution in [0.15, 0.2) is 30.3 Å². The number of hydrogen-bond acceptors (Lipinski definition) is 3. The number of rotatable bonds is 2. The van der Waals surface area contributed by atoms with Gasteiger partial charge < -0.3 is 15.4 Å². The van der Waals surface area contributed by atoms with Gasteiger partial charge in [-0.1, -0.05) is 42.5 Å². The first-order valence-electron chi connectivity index (χ1n) is 7.67. The number of ether oxygens (including phenoxy) is 1. The van der Waals surface area contributed by atoms with Gasteiger partial charge in [-0.2, -0.15) is 0 Å². The van der Waals surface area contributed by atoms with Gasteiger partial charge in [0.15, 0.2) is 0 Å². The van der Waals surface area contributed by atoms with Gasteiger partial charge >= 0.3 is 6.09 Å². The minimum atomic E-state index is -0.504. The summed E-state index contributed by atoms with van der Waals surface area (Å²) in [7, 11) is 0. The zero-order chi connectivity index (χ0) is 16.2. The number of alkyl carbamates (subject to hydrolysis) is 1. The number of benzene rings is 1. The average Bonchev–Trinajstić information content (AvgIpc) is 2.61. The minimum absolute atomic E-state index is 0.168. The number of carbonyl (C=O) groups is 1. The van der Waals surface area contributed by atoms with Crippen LogP contribution >= 0.6 is 12.2 Å². The zero-order valence-corrected chi connectivity index (χ0v) is 14.2. The third-order valence-electron chi connectivity index (χ3n) is 3.60. The van der Waals surface area contributed by atoms with Gasteiger partial charge in [0.1, 0.15) is 5.60 Å². The van der Waals surface area contributed by atoms with Gasteiger partial charge in [-0.05, 0) is 39.2 Å². The van der Waals surface area contributed by atoms with Crippen molar-refractivity contribution in [1.82, 2.24) is 10.6 Å². The highest BCUT2D eigenvalue weighted by Gasteiger charge is 2.26. The molecule has 120 valence electrons. The predicted molar refractivity (Wildman–Crippen MR) is 92.2 cm³/mol. The Bertz CT molecular complexity index is 525. The summed E-state index contributed by atoms with van der Waals surface area (Å²) in [6.45, 7) is 6.35. The molecule has 1 fully saturated rings. The molecule has 2 N–H and O–H groups in total. The van der Waals surface area contributed by atoms with E-state index >= 15 is 0 Å². The van der Waals surface area contributed by atoms with E-state index in [9.17, 15) is 4.79 Å². The molecule has 0 saturated carbocycles. The van der Waals surface area contributed by atoms with E-state index in [-0.39, 0.29) is 6.04 Å². The molecule has 1 heterocycles. The van der Waals surface area contributed by atoms with Crippen molar-refractivity contribution in [1.29, 1.82) is 0 Å². The van der Waals surface area contributed by atoms with Gasteiger partial charge in [-0.15, -0.1) is 0 Å². The Balaban J connectivity index is 1.95. The van der Waals surface area contributed by atoms with Crippen molar-refractivity contribution in [3.63, 3.8) is 0 Å². The number of nitrogens with one attached hydrogen (secondary N) is 2. The smallest absolute Gasteiger partial charge is 0.408 e. The number of hydrogen-bond donors (Lipinski definition) is 2. The van der Waals surface area contributed by atoms with Crippen LogP contribution in [-0.2, 0) is 4.74 Å². The van der Waals surface area contributed by atoms with Crippen LogP contribution in [0, 0.1) is 0 Å². The van der Waals surface area contributed by atoms with Crippen LogP contribution in [0.2, 0.25) is 0 Å². The van der Waals surface area contributed by atoms with Crippen LogP contribution in [0.4, 0.5) is 4.79 Å². The predicted octanol–water partition coefficient (Wildman–Crippen LogP) is 3.37. The van der Waals surface area contributed by atoms with Gasteiger partial charge in [0.2, 0.25) is 0 Å². The molecule has 1 aliphatic rings. The third kappa shape index (κ3) is 4.98. The van der Waals surface area contributed by atoms with E-state index in [0.717, 1.165) is 19.4 Å². The first-order valence-corrected chi connectivity index (χ1v) is 8.08. The highest BCUT2D eigenvalue weighted by atomic mass is 32.1. The van der Waals surface area contributed by atoms with Gasteiger partial charge in [0, 0.05) is 12.5 Å². The third-order valence-corrected chi connectivity index (χ3v) is 4.03. The molecule has 1 aromatic carbocycles. The summed E-state index contributed by atoms with van der Waals surface area (Å²) in [4.78, 5) is 12.6. The molecule has 1 saturated heterocycles. The Hall–Kier alpha value is -1.62. The van der Waals surface area contributed by atoms with Crippen molar-refractivity contribution < 1.29 is 9.53 Å². The fraction of sp³-hybridized carbons (Fsp3) is 0.529. The lowest BCUT2D eigenvalue weighted by molar-refractivity contribution is 0.0516. The molecule has 2 atom stereocenters. The van der Waals surface area contributed by atoms with Gasteiger partial charge in [-0.3, -0.25) is 0 Å². The second kappa shape index (κ2) is 7.09. The van der Waals surface area contributed by atoms with Crippen molar-refractivity contribution >= 4 is 23.3 Å². The molecule has 0 unspecified atom stereocenters.